The first-order chi connectivity index (χ1) is 16.8. The first-order valence-electron chi connectivity index (χ1n) is 11.4. The van der Waals surface area contributed by atoms with Crippen LogP contribution in [0.2, 0.25) is 0 Å². The van der Waals surface area contributed by atoms with E-state index in [0.717, 1.165) is 5.56 Å². The van der Waals surface area contributed by atoms with Gasteiger partial charge in [0.2, 0.25) is 5.91 Å². The number of Topliss-reactive ketones (excluding diaryl/α,β-unsaturated/α-hetero) is 1. The highest BCUT2D eigenvalue weighted by atomic mass is 35.5. The molecule has 35 heavy (non-hydrogen) atoms. The monoisotopic (exact) mass is 495 g/mol. The molecule has 0 saturated heterocycles. The molecule has 2 amide bonds. The number of amides is 2. The van der Waals surface area contributed by atoms with Gasteiger partial charge in [0.05, 0.1) is 12.2 Å². The van der Waals surface area contributed by atoms with Crippen molar-refractivity contribution in [1.82, 2.24) is 9.47 Å². The third kappa shape index (κ3) is 5.22. The second kappa shape index (κ2) is 10.3. The SMILES string of the molecule is CCOC(=O)Cn1cc(C(=O)C(=O)N2CCc3ccccc3C2)c2cc(NC(=O)[C@@H](C)Cl)ccc21. The minimum Gasteiger partial charge on any atom is -0.465 e. The fraction of sp³-hybridized carbons (Fsp3) is 0.308. The van der Waals surface area contributed by atoms with Crippen LogP contribution >= 0.6 is 11.6 Å². The summed E-state index contributed by atoms with van der Waals surface area (Å²) in [6, 6.07) is 12.8. The highest BCUT2D eigenvalue weighted by molar-refractivity contribution is 6.45. The van der Waals surface area contributed by atoms with E-state index in [1.165, 1.54) is 11.8 Å². The predicted octanol–water partition coefficient (Wildman–Crippen LogP) is 3.54. The minimum atomic E-state index is -0.747. The van der Waals surface area contributed by atoms with Gasteiger partial charge in [0.1, 0.15) is 11.9 Å². The molecule has 1 atom stereocenters. The fourth-order valence-electron chi connectivity index (χ4n) is 4.20. The number of nitrogens with zero attached hydrogens (tertiary/aromatic N) is 2. The van der Waals surface area contributed by atoms with Crippen LogP contribution in [0.5, 0.6) is 0 Å². The molecule has 0 bridgehead atoms. The maximum atomic E-state index is 13.4. The minimum absolute atomic E-state index is 0.118. The Morgan fingerprint density at radius 1 is 1.11 bits per heavy atom. The summed E-state index contributed by atoms with van der Waals surface area (Å²) >= 11 is 5.86. The lowest BCUT2D eigenvalue weighted by Gasteiger charge is -2.28. The van der Waals surface area contributed by atoms with Crippen LogP contribution in [-0.2, 0) is 38.6 Å². The van der Waals surface area contributed by atoms with Gasteiger partial charge in [-0.15, -0.1) is 11.6 Å². The second-order valence-corrected chi connectivity index (χ2v) is 9.04. The van der Waals surface area contributed by atoms with Crippen LogP contribution in [0.25, 0.3) is 10.9 Å². The molecule has 0 spiro atoms. The molecule has 3 aromatic rings. The van der Waals surface area contributed by atoms with Gasteiger partial charge in [-0.25, -0.2) is 0 Å². The van der Waals surface area contributed by atoms with Crippen LogP contribution in [0, 0.1) is 0 Å². The van der Waals surface area contributed by atoms with Gasteiger partial charge in [-0.2, -0.15) is 0 Å². The number of esters is 1. The van der Waals surface area contributed by atoms with Crippen molar-refractivity contribution in [3.05, 3.63) is 65.4 Å². The third-order valence-electron chi connectivity index (χ3n) is 5.97. The number of ketones is 1. The van der Waals surface area contributed by atoms with E-state index < -0.39 is 28.9 Å². The number of anilines is 1. The molecule has 0 unspecified atom stereocenters. The summed E-state index contributed by atoms with van der Waals surface area (Å²) in [5.41, 5.74) is 3.34. The number of hydrogen-bond acceptors (Lipinski definition) is 5. The van der Waals surface area contributed by atoms with Gasteiger partial charge in [0.15, 0.2) is 0 Å². The number of carbonyl (C=O) groups excluding carboxylic acids is 4. The van der Waals surface area contributed by atoms with E-state index in [9.17, 15) is 19.2 Å². The molecule has 2 heterocycles. The van der Waals surface area contributed by atoms with Crippen molar-refractivity contribution >= 4 is 51.8 Å². The van der Waals surface area contributed by atoms with Crippen molar-refractivity contribution in [1.29, 1.82) is 0 Å². The molecule has 0 saturated carbocycles. The maximum Gasteiger partial charge on any atom is 0.325 e. The first-order valence-corrected chi connectivity index (χ1v) is 11.9. The van der Waals surface area contributed by atoms with Gasteiger partial charge in [-0.3, -0.25) is 19.2 Å². The number of benzene rings is 2. The van der Waals surface area contributed by atoms with Crippen molar-refractivity contribution in [2.45, 2.75) is 38.7 Å². The zero-order chi connectivity index (χ0) is 25.1. The second-order valence-electron chi connectivity index (χ2n) is 8.39. The van der Waals surface area contributed by atoms with Crippen molar-refractivity contribution in [3.8, 4) is 0 Å². The number of hydrogen-bond donors (Lipinski definition) is 1. The summed E-state index contributed by atoms with van der Waals surface area (Å²) in [6.07, 6.45) is 2.17. The number of alkyl halides is 1. The number of nitrogens with one attached hydrogen (secondary N) is 1. The van der Waals surface area contributed by atoms with E-state index in [1.807, 2.05) is 24.3 Å². The summed E-state index contributed by atoms with van der Waals surface area (Å²) in [6.45, 7) is 4.17. The van der Waals surface area contributed by atoms with Gasteiger partial charge in [0.25, 0.3) is 11.7 Å². The Kier molecular flexibility index (Phi) is 7.21. The van der Waals surface area contributed by atoms with Crippen molar-refractivity contribution < 1.29 is 23.9 Å². The van der Waals surface area contributed by atoms with Gasteiger partial charge < -0.3 is 19.5 Å². The van der Waals surface area contributed by atoms with E-state index in [4.69, 9.17) is 16.3 Å². The Morgan fingerprint density at radius 2 is 1.86 bits per heavy atom. The number of ether oxygens (including phenoxy) is 1. The number of carbonyl (C=O) groups is 4. The molecule has 1 aliphatic heterocycles. The summed E-state index contributed by atoms with van der Waals surface area (Å²) in [4.78, 5) is 52.4. The molecule has 182 valence electrons. The third-order valence-corrected chi connectivity index (χ3v) is 6.17. The Balaban J connectivity index is 1.68. The Morgan fingerprint density at radius 3 is 2.57 bits per heavy atom. The average Bonchev–Trinajstić information content (AvgIpc) is 3.20. The Bertz CT molecular complexity index is 1310. The van der Waals surface area contributed by atoms with E-state index in [1.54, 1.807) is 41.5 Å². The molecule has 1 N–H and O–H groups in total. The molecule has 0 aliphatic carbocycles. The normalized spacial score (nSPS) is 13.7. The highest BCUT2D eigenvalue weighted by Crippen LogP contribution is 2.27. The van der Waals surface area contributed by atoms with Crippen LogP contribution in [0.15, 0.2) is 48.7 Å². The summed E-state index contributed by atoms with van der Waals surface area (Å²) in [5.74, 6) is -2.15. The molecule has 1 aliphatic rings. The molecule has 9 heteroatoms. The van der Waals surface area contributed by atoms with Gasteiger partial charge in [0, 0.05) is 35.9 Å². The maximum absolute atomic E-state index is 13.4. The lowest BCUT2D eigenvalue weighted by molar-refractivity contribution is -0.143. The van der Waals surface area contributed by atoms with Crippen LogP contribution in [-0.4, -0.2) is 51.6 Å². The molecular formula is C26H26ClN3O5. The standard InChI is InChI=1S/C26H26ClN3O5/c1-3-35-23(31)15-30-14-21(20-12-19(8-9-22(20)30)28-25(33)16(2)27)24(32)26(34)29-11-10-17-6-4-5-7-18(17)13-29/h4-9,12,14,16H,3,10-11,13,15H2,1-2H3,(H,28,33)/t16-/m1/s1. The highest BCUT2D eigenvalue weighted by Gasteiger charge is 2.29. The van der Waals surface area contributed by atoms with Gasteiger partial charge in [-0.05, 0) is 49.6 Å². The zero-order valence-electron chi connectivity index (χ0n) is 19.5. The first kappa shape index (κ1) is 24.5. The molecule has 0 radical (unpaired) electrons. The molecular weight excluding hydrogens is 470 g/mol. The van der Waals surface area contributed by atoms with Crippen molar-refractivity contribution in [2.24, 2.45) is 0 Å². The molecule has 0 fully saturated rings. The summed E-state index contributed by atoms with van der Waals surface area (Å²) in [5, 5.41) is 2.40. The van der Waals surface area contributed by atoms with Crippen molar-refractivity contribution in [3.63, 3.8) is 0 Å². The number of rotatable bonds is 7. The molecule has 1 aromatic heterocycles. The molecule has 2 aromatic carbocycles. The number of halogens is 1. The van der Waals surface area contributed by atoms with Gasteiger partial charge in [-0.1, -0.05) is 24.3 Å². The largest absolute Gasteiger partial charge is 0.465 e. The quantitative estimate of drug-likeness (QED) is 0.234. The van der Waals surface area contributed by atoms with E-state index in [-0.39, 0.29) is 18.7 Å². The summed E-state index contributed by atoms with van der Waals surface area (Å²) in [7, 11) is 0. The number of fused-ring (bicyclic) bond motifs is 2. The molecule has 8 nitrogen and oxygen atoms in total. The Labute approximate surface area is 207 Å². The van der Waals surface area contributed by atoms with E-state index >= 15 is 0 Å². The zero-order valence-corrected chi connectivity index (χ0v) is 20.3. The summed E-state index contributed by atoms with van der Waals surface area (Å²) < 4.78 is 6.63. The van der Waals surface area contributed by atoms with Crippen LogP contribution in [0.1, 0.15) is 35.3 Å². The Hall–Kier alpha value is -3.65. The molecule has 4 rings (SSSR count). The topological polar surface area (TPSA) is 97.7 Å². The van der Waals surface area contributed by atoms with E-state index in [0.29, 0.717) is 36.1 Å². The van der Waals surface area contributed by atoms with Crippen LogP contribution in [0.3, 0.4) is 0 Å². The van der Waals surface area contributed by atoms with Crippen LogP contribution in [0.4, 0.5) is 5.69 Å². The lowest BCUT2D eigenvalue weighted by Crippen LogP contribution is -2.40. The number of aromatic nitrogens is 1. The fourth-order valence-corrected chi connectivity index (χ4v) is 4.26. The average molecular weight is 496 g/mol. The van der Waals surface area contributed by atoms with Crippen LogP contribution < -0.4 is 5.32 Å². The smallest absolute Gasteiger partial charge is 0.325 e. The van der Waals surface area contributed by atoms with Gasteiger partial charge >= 0.3 is 5.97 Å². The predicted molar refractivity (Wildman–Crippen MR) is 132 cm³/mol. The van der Waals surface area contributed by atoms with Crippen molar-refractivity contribution in [2.75, 3.05) is 18.5 Å². The lowest BCUT2D eigenvalue weighted by atomic mass is 9.99. The van der Waals surface area contributed by atoms with E-state index in [2.05, 4.69) is 5.32 Å².